The van der Waals surface area contributed by atoms with Crippen molar-refractivity contribution in [3.05, 3.63) is 29.3 Å². The molecule has 1 aliphatic carbocycles. The SMILES string of the molecule is O=C(CCNS(=O)(=O)c1cccc(Cl)c1)NCC(=O)NC1CC1. The highest BCUT2D eigenvalue weighted by molar-refractivity contribution is 7.89. The molecule has 1 saturated carbocycles. The van der Waals surface area contributed by atoms with Crippen LogP contribution in [-0.2, 0) is 19.6 Å². The van der Waals surface area contributed by atoms with Crippen molar-refractivity contribution in [2.24, 2.45) is 0 Å². The predicted molar refractivity (Wildman–Crippen MR) is 85.4 cm³/mol. The molecule has 0 unspecified atom stereocenters. The zero-order valence-corrected chi connectivity index (χ0v) is 13.9. The van der Waals surface area contributed by atoms with Gasteiger partial charge in [-0.05, 0) is 31.0 Å². The molecule has 0 aromatic heterocycles. The first-order valence-corrected chi connectivity index (χ1v) is 9.04. The van der Waals surface area contributed by atoms with Crippen LogP contribution >= 0.6 is 11.6 Å². The van der Waals surface area contributed by atoms with Gasteiger partial charge in [-0.1, -0.05) is 17.7 Å². The lowest BCUT2D eigenvalue weighted by Crippen LogP contribution is -2.39. The van der Waals surface area contributed by atoms with Gasteiger partial charge >= 0.3 is 0 Å². The summed E-state index contributed by atoms with van der Waals surface area (Å²) < 4.78 is 26.3. The molecule has 0 bridgehead atoms. The van der Waals surface area contributed by atoms with E-state index in [0.29, 0.717) is 5.02 Å². The van der Waals surface area contributed by atoms with E-state index in [2.05, 4.69) is 15.4 Å². The highest BCUT2D eigenvalue weighted by Gasteiger charge is 2.23. The van der Waals surface area contributed by atoms with Crippen molar-refractivity contribution in [3.63, 3.8) is 0 Å². The van der Waals surface area contributed by atoms with Crippen molar-refractivity contribution in [2.75, 3.05) is 13.1 Å². The number of hydrogen-bond donors (Lipinski definition) is 3. The molecule has 0 spiro atoms. The summed E-state index contributed by atoms with van der Waals surface area (Å²) >= 11 is 5.75. The lowest BCUT2D eigenvalue weighted by atomic mass is 10.4. The minimum absolute atomic E-state index is 0.0363. The van der Waals surface area contributed by atoms with E-state index in [4.69, 9.17) is 11.6 Å². The summed E-state index contributed by atoms with van der Waals surface area (Å²) in [6.07, 6.45) is 1.90. The highest BCUT2D eigenvalue weighted by Crippen LogP contribution is 2.18. The Balaban J connectivity index is 1.70. The number of carbonyl (C=O) groups excluding carboxylic acids is 2. The topological polar surface area (TPSA) is 104 Å². The molecule has 0 saturated heterocycles. The summed E-state index contributed by atoms with van der Waals surface area (Å²) in [5.74, 6) is -0.634. The van der Waals surface area contributed by atoms with Crippen LogP contribution in [0.15, 0.2) is 29.2 Å². The Hall–Kier alpha value is -1.64. The molecule has 9 heteroatoms. The summed E-state index contributed by atoms with van der Waals surface area (Å²) in [7, 11) is -3.71. The average molecular weight is 360 g/mol. The second-order valence-corrected chi connectivity index (χ2v) is 7.43. The highest BCUT2D eigenvalue weighted by atomic mass is 35.5. The molecule has 0 atom stereocenters. The fraction of sp³-hybridized carbons (Fsp3) is 0.429. The second kappa shape index (κ2) is 7.76. The van der Waals surface area contributed by atoms with Gasteiger partial charge in [0.15, 0.2) is 0 Å². The third-order valence-electron chi connectivity index (χ3n) is 3.14. The van der Waals surface area contributed by atoms with Crippen LogP contribution < -0.4 is 15.4 Å². The van der Waals surface area contributed by atoms with Gasteiger partial charge in [0, 0.05) is 24.0 Å². The Kier molecular flexibility index (Phi) is 5.97. The van der Waals surface area contributed by atoms with Crippen molar-refractivity contribution in [1.29, 1.82) is 0 Å². The fourth-order valence-corrected chi connectivity index (χ4v) is 3.12. The normalized spacial score (nSPS) is 14.3. The molecule has 0 aliphatic heterocycles. The van der Waals surface area contributed by atoms with Crippen molar-refractivity contribution in [1.82, 2.24) is 15.4 Å². The van der Waals surface area contributed by atoms with E-state index in [1.165, 1.54) is 18.2 Å². The van der Waals surface area contributed by atoms with Crippen LogP contribution in [0.4, 0.5) is 0 Å². The van der Waals surface area contributed by atoms with E-state index >= 15 is 0 Å². The molecule has 7 nitrogen and oxygen atoms in total. The number of nitrogens with one attached hydrogen (secondary N) is 3. The monoisotopic (exact) mass is 359 g/mol. The first-order valence-electron chi connectivity index (χ1n) is 7.18. The first kappa shape index (κ1) is 17.7. The molecular weight excluding hydrogens is 342 g/mol. The van der Waals surface area contributed by atoms with Gasteiger partial charge in [-0.25, -0.2) is 13.1 Å². The summed E-state index contributed by atoms with van der Waals surface area (Å²) in [6, 6.07) is 6.08. The number of sulfonamides is 1. The largest absolute Gasteiger partial charge is 0.352 e. The van der Waals surface area contributed by atoms with Crippen LogP contribution in [0.2, 0.25) is 5.02 Å². The van der Waals surface area contributed by atoms with Crippen LogP contribution in [0.25, 0.3) is 0 Å². The van der Waals surface area contributed by atoms with Crippen LogP contribution in [0, 0.1) is 0 Å². The van der Waals surface area contributed by atoms with Crippen LogP contribution in [0.3, 0.4) is 0 Å². The average Bonchev–Trinajstić information content (AvgIpc) is 3.29. The maximum Gasteiger partial charge on any atom is 0.240 e. The Morgan fingerprint density at radius 3 is 2.61 bits per heavy atom. The molecule has 1 aliphatic rings. The minimum atomic E-state index is -3.71. The molecule has 1 fully saturated rings. The second-order valence-electron chi connectivity index (χ2n) is 5.22. The first-order chi connectivity index (χ1) is 10.9. The lowest BCUT2D eigenvalue weighted by Gasteiger charge is -2.08. The summed E-state index contributed by atoms with van der Waals surface area (Å²) in [5, 5.41) is 5.49. The van der Waals surface area contributed by atoms with Gasteiger partial charge in [-0.2, -0.15) is 0 Å². The minimum Gasteiger partial charge on any atom is -0.352 e. The van der Waals surface area contributed by atoms with E-state index in [1.807, 2.05) is 0 Å². The summed E-state index contributed by atoms with van der Waals surface area (Å²) in [4.78, 5) is 23.0. The number of carbonyl (C=O) groups is 2. The van der Waals surface area contributed by atoms with Crippen LogP contribution in [-0.4, -0.2) is 39.4 Å². The Bertz CT molecular complexity index is 689. The summed E-state index contributed by atoms with van der Waals surface area (Å²) in [6.45, 7) is -0.165. The number of benzene rings is 1. The molecule has 1 aromatic rings. The van der Waals surface area contributed by atoms with Crippen molar-refractivity contribution in [2.45, 2.75) is 30.2 Å². The van der Waals surface area contributed by atoms with Gasteiger partial charge in [0.25, 0.3) is 0 Å². The maximum atomic E-state index is 12.0. The summed E-state index contributed by atoms with van der Waals surface area (Å²) in [5.41, 5.74) is 0. The van der Waals surface area contributed by atoms with E-state index in [-0.39, 0.29) is 36.4 Å². The molecule has 0 radical (unpaired) electrons. The van der Waals surface area contributed by atoms with Gasteiger partial charge in [0.2, 0.25) is 21.8 Å². The van der Waals surface area contributed by atoms with E-state index in [9.17, 15) is 18.0 Å². The molecule has 2 rings (SSSR count). The Morgan fingerprint density at radius 2 is 1.96 bits per heavy atom. The molecule has 2 amide bonds. The van der Waals surface area contributed by atoms with Crippen molar-refractivity contribution in [3.8, 4) is 0 Å². The number of rotatable bonds is 8. The van der Waals surface area contributed by atoms with Gasteiger partial charge in [-0.15, -0.1) is 0 Å². The number of halogens is 1. The Labute approximate surface area is 139 Å². The smallest absolute Gasteiger partial charge is 0.240 e. The fourth-order valence-electron chi connectivity index (χ4n) is 1.79. The van der Waals surface area contributed by atoms with E-state index in [0.717, 1.165) is 12.8 Å². The lowest BCUT2D eigenvalue weighted by molar-refractivity contribution is -0.126. The van der Waals surface area contributed by atoms with Gasteiger partial charge in [-0.3, -0.25) is 9.59 Å². The van der Waals surface area contributed by atoms with Crippen LogP contribution in [0.5, 0.6) is 0 Å². The third kappa shape index (κ3) is 6.17. The van der Waals surface area contributed by atoms with Crippen molar-refractivity contribution >= 4 is 33.4 Å². The zero-order valence-electron chi connectivity index (χ0n) is 12.3. The van der Waals surface area contributed by atoms with Gasteiger partial charge in [0.1, 0.15) is 0 Å². The quantitative estimate of drug-likeness (QED) is 0.625. The van der Waals surface area contributed by atoms with Gasteiger partial charge < -0.3 is 10.6 Å². The standard InChI is InChI=1S/C14H18ClN3O4S/c15-10-2-1-3-12(8-10)23(21,22)17-7-6-13(19)16-9-14(20)18-11-4-5-11/h1-3,8,11,17H,4-7,9H2,(H,16,19)(H,18,20). The molecule has 0 heterocycles. The number of amides is 2. The van der Waals surface area contributed by atoms with Crippen LogP contribution in [0.1, 0.15) is 19.3 Å². The third-order valence-corrected chi connectivity index (χ3v) is 4.83. The molecule has 1 aromatic carbocycles. The van der Waals surface area contributed by atoms with E-state index in [1.54, 1.807) is 6.07 Å². The molecule has 126 valence electrons. The zero-order chi connectivity index (χ0) is 16.9. The molecule has 3 N–H and O–H groups in total. The van der Waals surface area contributed by atoms with Gasteiger partial charge in [0.05, 0.1) is 11.4 Å². The van der Waals surface area contributed by atoms with Crippen molar-refractivity contribution < 1.29 is 18.0 Å². The molecule has 23 heavy (non-hydrogen) atoms. The van der Waals surface area contributed by atoms with E-state index < -0.39 is 15.9 Å². The predicted octanol–water partition coefficient (Wildman–Crippen LogP) is 0.403. The Morgan fingerprint density at radius 1 is 1.22 bits per heavy atom. The maximum absolute atomic E-state index is 12.0. The molecular formula is C14H18ClN3O4S. The number of hydrogen-bond acceptors (Lipinski definition) is 4.